The number of rotatable bonds is 6. The molecule has 0 spiro atoms. The standard InChI is InChI=1S/C18H20N2O4/c1-24-15-9-5-8-14(12-15)20-18(23)17(22)19-11-10-16(21)13-6-3-2-4-7-13/h2-9,12,16,21H,10-11H2,1H3,(H,19,22)(H,20,23). The number of anilines is 1. The van der Waals surface area contributed by atoms with Crippen LogP contribution in [0.1, 0.15) is 18.1 Å². The second-order valence-corrected chi connectivity index (χ2v) is 5.16. The molecule has 2 aromatic carbocycles. The summed E-state index contributed by atoms with van der Waals surface area (Å²) in [5.41, 5.74) is 1.24. The Bertz CT molecular complexity index is 688. The van der Waals surface area contributed by atoms with Crippen molar-refractivity contribution in [2.75, 3.05) is 19.0 Å². The number of benzene rings is 2. The number of hydrogen-bond acceptors (Lipinski definition) is 4. The number of amides is 2. The number of nitrogens with one attached hydrogen (secondary N) is 2. The van der Waals surface area contributed by atoms with Gasteiger partial charge >= 0.3 is 11.8 Å². The van der Waals surface area contributed by atoms with Crippen molar-refractivity contribution in [2.45, 2.75) is 12.5 Å². The summed E-state index contributed by atoms with van der Waals surface area (Å²) in [6.07, 6.45) is -0.365. The van der Waals surface area contributed by atoms with Crippen LogP contribution in [0.25, 0.3) is 0 Å². The van der Waals surface area contributed by atoms with E-state index in [1.54, 1.807) is 24.3 Å². The zero-order valence-electron chi connectivity index (χ0n) is 13.4. The Labute approximate surface area is 140 Å². The van der Waals surface area contributed by atoms with Gasteiger partial charge in [0.15, 0.2) is 0 Å². The zero-order chi connectivity index (χ0) is 17.4. The fourth-order valence-electron chi connectivity index (χ4n) is 2.13. The molecule has 24 heavy (non-hydrogen) atoms. The molecule has 1 unspecified atom stereocenters. The van der Waals surface area contributed by atoms with Crippen LogP contribution in [0.2, 0.25) is 0 Å². The molecule has 0 saturated heterocycles. The van der Waals surface area contributed by atoms with E-state index in [1.807, 2.05) is 30.3 Å². The number of carbonyl (C=O) groups is 2. The van der Waals surface area contributed by atoms with Crippen LogP contribution in [-0.4, -0.2) is 30.6 Å². The van der Waals surface area contributed by atoms with Crippen molar-refractivity contribution in [3.63, 3.8) is 0 Å². The first-order valence-electron chi connectivity index (χ1n) is 7.56. The summed E-state index contributed by atoms with van der Waals surface area (Å²) in [5, 5.41) is 15.0. The van der Waals surface area contributed by atoms with E-state index in [1.165, 1.54) is 7.11 Å². The molecular formula is C18H20N2O4. The summed E-state index contributed by atoms with van der Waals surface area (Å²) in [5.74, 6) is -0.935. The van der Waals surface area contributed by atoms with Crippen LogP contribution >= 0.6 is 0 Å². The SMILES string of the molecule is COc1cccc(NC(=O)C(=O)NCCC(O)c2ccccc2)c1. The highest BCUT2D eigenvalue weighted by Crippen LogP contribution is 2.17. The lowest BCUT2D eigenvalue weighted by Gasteiger charge is -2.11. The molecule has 1 atom stereocenters. The summed E-state index contributed by atoms with van der Waals surface area (Å²) in [4.78, 5) is 23.6. The van der Waals surface area contributed by atoms with E-state index in [2.05, 4.69) is 10.6 Å². The Kier molecular flexibility index (Phi) is 6.33. The van der Waals surface area contributed by atoms with Gasteiger partial charge in [-0.05, 0) is 24.1 Å². The maximum atomic E-state index is 11.8. The van der Waals surface area contributed by atoms with Gasteiger partial charge in [0, 0.05) is 18.3 Å². The highest BCUT2D eigenvalue weighted by atomic mass is 16.5. The van der Waals surface area contributed by atoms with E-state index in [0.29, 0.717) is 17.9 Å². The molecule has 2 aromatic rings. The summed E-state index contributed by atoms with van der Waals surface area (Å²) in [6, 6.07) is 15.9. The number of ether oxygens (including phenoxy) is 1. The Morgan fingerprint density at radius 1 is 1.08 bits per heavy atom. The first-order valence-corrected chi connectivity index (χ1v) is 7.56. The predicted octanol–water partition coefficient (Wildman–Crippen LogP) is 1.87. The molecule has 0 aliphatic carbocycles. The lowest BCUT2D eigenvalue weighted by Crippen LogP contribution is -2.36. The molecule has 2 rings (SSSR count). The third kappa shape index (κ3) is 5.10. The van der Waals surface area contributed by atoms with Crippen LogP contribution in [0, 0.1) is 0 Å². The van der Waals surface area contributed by atoms with Gasteiger partial charge in [0.25, 0.3) is 0 Å². The van der Waals surface area contributed by atoms with Gasteiger partial charge in [-0.25, -0.2) is 0 Å². The molecule has 0 aliphatic rings. The smallest absolute Gasteiger partial charge is 0.313 e. The second-order valence-electron chi connectivity index (χ2n) is 5.16. The van der Waals surface area contributed by atoms with Gasteiger partial charge in [0.05, 0.1) is 13.2 Å². The van der Waals surface area contributed by atoms with E-state index < -0.39 is 17.9 Å². The first-order chi connectivity index (χ1) is 11.6. The molecule has 126 valence electrons. The van der Waals surface area contributed by atoms with E-state index in [4.69, 9.17) is 4.74 Å². The van der Waals surface area contributed by atoms with Crippen molar-refractivity contribution in [1.82, 2.24) is 5.32 Å². The normalized spacial score (nSPS) is 11.4. The quantitative estimate of drug-likeness (QED) is 0.707. The van der Waals surface area contributed by atoms with Crippen LogP contribution in [0.15, 0.2) is 54.6 Å². The molecule has 6 heteroatoms. The van der Waals surface area contributed by atoms with Crippen molar-refractivity contribution >= 4 is 17.5 Å². The average Bonchev–Trinajstić information content (AvgIpc) is 2.62. The lowest BCUT2D eigenvalue weighted by molar-refractivity contribution is -0.136. The molecule has 0 fully saturated rings. The fraction of sp³-hybridized carbons (Fsp3) is 0.222. The topological polar surface area (TPSA) is 87.7 Å². The van der Waals surface area contributed by atoms with E-state index in [-0.39, 0.29) is 6.54 Å². The Morgan fingerprint density at radius 3 is 2.54 bits per heavy atom. The number of methoxy groups -OCH3 is 1. The van der Waals surface area contributed by atoms with Gasteiger partial charge in [-0.3, -0.25) is 9.59 Å². The molecule has 3 N–H and O–H groups in total. The van der Waals surface area contributed by atoms with Crippen molar-refractivity contribution in [2.24, 2.45) is 0 Å². The first kappa shape index (κ1) is 17.5. The number of carbonyl (C=O) groups excluding carboxylic acids is 2. The molecule has 6 nitrogen and oxygen atoms in total. The van der Waals surface area contributed by atoms with Gasteiger partial charge in [-0.2, -0.15) is 0 Å². The Balaban J connectivity index is 1.78. The minimum atomic E-state index is -0.766. The minimum Gasteiger partial charge on any atom is -0.497 e. The van der Waals surface area contributed by atoms with Crippen molar-refractivity contribution in [1.29, 1.82) is 0 Å². The van der Waals surface area contributed by atoms with Crippen LogP contribution in [0.5, 0.6) is 5.75 Å². The second kappa shape index (κ2) is 8.69. The summed E-state index contributed by atoms with van der Waals surface area (Å²) in [7, 11) is 1.52. The van der Waals surface area contributed by atoms with E-state index >= 15 is 0 Å². The van der Waals surface area contributed by atoms with E-state index in [0.717, 1.165) is 5.56 Å². The zero-order valence-corrected chi connectivity index (χ0v) is 13.4. The highest BCUT2D eigenvalue weighted by Gasteiger charge is 2.14. The molecule has 0 bridgehead atoms. The van der Waals surface area contributed by atoms with Crippen LogP contribution < -0.4 is 15.4 Å². The monoisotopic (exact) mass is 328 g/mol. The predicted molar refractivity (Wildman–Crippen MR) is 90.7 cm³/mol. The molecule has 0 heterocycles. The third-order valence-corrected chi connectivity index (χ3v) is 3.42. The van der Waals surface area contributed by atoms with Gasteiger partial charge in [-0.15, -0.1) is 0 Å². The van der Waals surface area contributed by atoms with Crippen LogP contribution in [-0.2, 0) is 9.59 Å². The maximum absolute atomic E-state index is 11.8. The molecule has 0 aromatic heterocycles. The van der Waals surface area contributed by atoms with Crippen molar-refractivity contribution in [3.8, 4) is 5.75 Å². The third-order valence-electron chi connectivity index (χ3n) is 3.42. The summed E-state index contributed by atoms with van der Waals surface area (Å²) in [6.45, 7) is 0.195. The number of aliphatic hydroxyl groups is 1. The van der Waals surface area contributed by atoms with Crippen molar-refractivity contribution in [3.05, 3.63) is 60.2 Å². The maximum Gasteiger partial charge on any atom is 0.313 e. The Morgan fingerprint density at radius 2 is 1.83 bits per heavy atom. The molecular weight excluding hydrogens is 308 g/mol. The van der Waals surface area contributed by atoms with E-state index in [9.17, 15) is 14.7 Å². The fourth-order valence-corrected chi connectivity index (χ4v) is 2.13. The Hall–Kier alpha value is -2.86. The molecule has 2 amide bonds. The average molecular weight is 328 g/mol. The van der Waals surface area contributed by atoms with Gasteiger partial charge in [0.2, 0.25) is 0 Å². The van der Waals surface area contributed by atoms with Crippen LogP contribution in [0.3, 0.4) is 0 Å². The van der Waals surface area contributed by atoms with Gasteiger partial charge < -0.3 is 20.5 Å². The van der Waals surface area contributed by atoms with Gasteiger partial charge in [0.1, 0.15) is 5.75 Å². The largest absolute Gasteiger partial charge is 0.497 e. The summed E-state index contributed by atoms with van der Waals surface area (Å²) < 4.78 is 5.05. The van der Waals surface area contributed by atoms with Crippen molar-refractivity contribution < 1.29 is 19.4 Å². The molecule has 0 aliphatic heterocycles. The minimum absolute atomic E-state index is 0.195. The number of hydrogen-bond donors (Lipinski definition) is 3. The highest BCUT2D eigenvalue weighted by molar-refractivity contribution is 6.39. The van der Waals surface area contributed by atoms with Crippen LogP contribution in [0.4, 0.5) is 5.69 Å². The molecule has 0 radical (unpaired) electrons. The molecule has 0 saturated carbocycles. The summed E-state index contributed by atoms with van der Waals surface area (Å²) >= 11 is 0. The lowest BCUT2D eigenvalue weighted by atomic mass is 10.1. The van der Waals surface area contributed by atoms with Gasteiger partial charge in [-0.1, -0.05) is 36.4 Å². The number of aliphatic hydroxyl groups excluding tert-OH is 1.